The third-order valence-corrected chi connectivity index (χ3v) is 5.99. The predicted octanol–water partition coefficient (Wildman–Crippen LogP) is 2.26. The number of nitrogens with two attached hydrogens (primary N) is 1. The second-order valence-electron chi connectivity index (χ2n) is 8.51. The van der Waals surface area contributed by atoms with E-state index in [1.54, 1.807) is 23.1 Å². The van der Waals surface area contributed by atoms with Gasteiger partial charge in [0.15, 0.2) is 5.69 Å². The number of primary amides is 1. The first kappa shape index (κ1) is 26.1. The van der Waals surface area contributed by atoms with Gasteiger partial charge in [0.1, 0.15) is 11.4 Å². The summed E-state index contributed by atoms with van der Waals surface area (Å²) in [6, 6.07) is 5.00. The van der Waals surface area contributed by atoms with Crippen molar-refractivity contribution in [3.63, 3.8) is 0 Å². The number of likely N-dealkylation sites (tertiary alicyclic amines) is 1. The van der Waals surface area contributed by atoms with Crippen LogP contribution < -0.4 is 15.8 Å². The van der Waals surface area contributed by atoms with E-state index in [2.05, 4.69) is 15.6 Å². The zero-order chi connectivity index (χ0) is 25.2. The molecule has 0 radical (unpaired) electrons. The molecule has 3 N–H and O–H groups in total. The van der Waals surface area contributed by atoms with Crippen LogP contribution in [0.5, 0.6) is 5.75 Å². The molecule has 35 heavy (non-hydrogen) atoms. The molecule has 10 nitrogen and oxygen atoms in total. The van der Waals surface area contributed by atoms with Crippen molar-refractivity contribution in [1.29, 1.82) is 0 Å². The Hall–Kier alpha value is -3.50. The monoisotopic (exact) mass is 488 g/mol. The average molecular weight is 489 g/mol. The molecule has 0 aliphatic carbocycles. The summed E-state index contributed by atoms with van der Waals surface area (Å²) in [5.74, 6) is -0.608. The Morgan fingerprint density at radius 3 is 2.60 bits per heavy atom. The molecule has 1 aromatic carbocycles. The van der Waals surface area contributed by atoms with E-state index in [0.717, 1.165) is 19.3 Å². The fraction of sp³-hybridized carbons (Fsp3) is 0.542. The van der Waals surface area contributed by atoms with Gasteiger partial charge >= 0.3 is 0 Å². The molecule has 1 fully saturated rings. The van der Waals surface area contributed by atoms with Gasteiger partial charge in [-0.25, -0.2) is 4.68 Å². The summed E-state index contributed by atoms with van der Waals surface area (Å²) < 4.78 is 19.7. The topological polar surface area (TPSA) is 132 Å². The first-order valence-electron chi connectivity index (χ1n) is 12.1. The van der Waals surface area contributed by atoms with Crippen molar-refractivity contribution in [1.82, 2.24) is 25.2 Å². The highest BCUT2D eigenvalue weighted by atomic mass is 19.1. The molecule has 3 rings (SSSR count). The van der Waals surface area contributed by atoms with Crippen LogP contribution in [-0.4, -0.2) is 70.5 Å². The molecule has 0 spiro atoms. The average Bonchev–Trinajstić information content (AvgIpc) is 3.36. The van der Waals surface area contributed by atoms with Crippen LogP contribution in [0.1, 0.15) is 66.3 Å². The summed E-state index contributed by atoms with van der Waals surface area (Å²) in [6.07, 6.45) is 5.49. The van der Waals surface area contributed by atoms with Crippen molar-refractivity contribution in [2.24, 2.45) is 11.7 Å². The Balaban J connectivity index is 1.74. The van der Waals surface area contributed by atoms with Crippen molar-refractivity contribution in [3.8, 4) is 11.4 Å². The molecule has 0 atom stereocenters. The number of amides is 3. The Morgan fingerprint density at radius 1 is 1.17 bits per heavy atom. The summed E-state index contributed by atoms with van der Waals surface area (Å²) >= 11 is 0. The van der Waals surface area contributed by atoms with E-state index in [0.29, 0.717) is 62.5 Å². The molecule has 3 amide bonds. The van der Waals surface area contributed by atoms with Crippen LogP contribution in [-0.2, 0) is 4.79 Å². The van der Waals surface area contributed by atoms with E-state index in [4.69, 9.17) is 10.5 Å². The van der Waals surface area contributed by atoms with Gasteiger partial charge in [0.2, 0.25) is 5.91 Å². The molecule has 0 bridgehead atoms. The number of carbonyl (C=O) groups excluding carboxylic acids is 3. The van der Waals surface area contributed by atoms with Crippen LogP contribution >= 0.6 is 0 Å². The number of piperidine rings is 1. The molecule has 1 aromatic heterocycles. The number of carbonyl (C=O) groups is 3. The number of aromatic nitrogens is 3. The molecule has 0 unspecified atom stereocenters. The number of hydrogen-bond donors (Lipinski definition) is 2. The maximum absolute atomic E-state index is 12.9. The summed E-state index contributed by atoms with van der Waals surface area (Å²) in [5.41, 5.74) is 6.53. The normalized spacial score (nSPS) is 14.1. The number of nitrogens with zero attached hydrogens (tertiary/aromatic N) is 4. The maximum Gasteiger partial charge on any atom is 0.276 e. The Labute approximate surface area is 204 Å². The Bertz CT molecular complexity index is 1020. The fourth-order valence-corrected chi connectivity index (χ4v) is 3.96. The highest BCUT2D eigenvalue weighted by Gasteiger charge is 2.28. The number of rotatable bonds is 12. The van der Waals surface area contributed by atoms with Gasteiger partial charge in [-0.3, -0.25) is 18.8 Å². The quantitative estimate of drug-likeness (QED) is 0.441. The van der Waals surface area contributed by atoms with Crippen molar-refractivity contribution in [2.45, 2.75) is 45.4 Å². The molecule has 2 heterocycles. The lowest BCUT2D eigenvalue weighted by atomic mass is 9.96. The van der Waals surface area contributed by atoms with Crippen LogP contribution in [0.4, 0.5) is 4.39 Å². The second-order valence-corrected chi connectivity index (χ2v) is 8.51. The van der Waals surface area contributed by atoms with Gasteiger partial charge in [-0.2, -0.15) is 0 Å². The van der Waals surface area contributed by atoms with Crippen molar-refractivity contribution >= 4 is 17.7 Å². The third-order valence-electron chi connectivity index (χ3n) is 5.99. The summed E-state index contributed by atoms with van der Waals surface area (Å²) in [5, 5.41) is 10.9. The molecule has 1 saturated heterocycles. The number of alkyl halides is 1. The fourth-order valence-electron chi connectivity index (χ4n) is 3.96. The molecule has 0 saturated carbocycles. The van der Waals surface area contributed by atoms with E-state index in [1.807, 2.05) is 6.92 Å². The van der Waals surface area contributed by atoms with E-state index in [-0.39, 0.29) is 36.0 Å². The molecule has 190 valence electrons. The van der Waals surface area contributed by atoms with Gasteiger partial charge in [-0.05, 0) is 57.2 Å². The molecular formula is C24H33FN6O4. The minimum absolute atomic E-state index is 0.174. The van der Waals surface area contributed by atoms with E-state index < -0.39 is 0 Å². The van der Waals surface area contributed by atoms with Gasteiger partial charge in [-0.1, -0.05) is 11.6 Å². The number of ether oxygens (including phenoxy) is 1. The van der Waals surface area contributed by atoms with Crippen LogP contribution in [0.2, 0.25) is 0 Å². The van der Waals surface area contributed by atoms with E-state index in [1.165, 1.54) is 10.9 Å². The summed E-state index contributed by atoms with van der Waals surface area (Å²) in [7, 11) is 0. The number of hydrogen-bond acceptors (Lipinski definition) is 6. The minimum atomic E-state index is -0.339. The van der Waals surface area contributed by atoms with Gasteiger partial charge < -0.3 is 20.7 Å². The predicted molar refractivity (Wildman–Crippen MR) is 127 cm³/mol. The van der Waals surface area contributed by atoms with Crippen LogP contribution in [0.3, 0.4) is 0 Å². The number of unbranched alkanes of at least 4 members (excludes halogenated alkanes) is 3. The number of halogens is 1. The first-order chi connectivity index (χ1) is 16.9. The summed E-state index contributed by atoms with van der Waals surface area (Å²) in [6.45, 7) is 3.26. The zero-order valence-electron chi connectivity index (χ0n) is 20.0. The third kappa shape index (κ3) is 7.00. The number of nitrogens with one attached hydrogen (secondary N) is 1. The molecule has 11 heteroatoms. The smallest absolute Gasteiger partial charge is 0.276 e. The van der Waals surface area contributed by atoms with Crippen molar-refractivity contribution in [2.75, 3.05) is 32.9 Å². The first-order valence-corrected chi connectivity index (χ1v) is 12.1. The zero-order valence-corrected chi connectivity index (χ0v) is 20.0. The van der Waals surface area contributed by atoms with Crippen molar-refractivity contribution < 1.29 is 23.5 Å². The Kier molecular flexibility index (Phi) is 9.56. The lowest BCUT2D eigenvalue weighted by Gasteiger charge is -2.29. The largest absolute Gasteiger partial charge is 0.491 e. The number of benzene rings is 1. The van der Waals surface area contributed by atoms with Gasteiger partial charge in [0, 0.05) is 31.1 Å². The van der Waals surface area contributed by atoms with Gasteiger partial charge in [0.05, 0.1) is 19.5 Å². The van der Waals surface area contributed by atoms with E-state index >= 15 is 0 Å². The van der Waals surface area contributed by atoms with Gasteiger partial charge in [0.25, 0.3) is 11.8 Å². The van der Waals surface area contributed by atoms with Crippen LogP contribution in [0, 0.1) is 5.92 Å². The second kappa shape index (κ2) is 12.8. The lowest BCUT2D eigenvalue weighted by Crippen LogP contribution is -2.41. The molecule has 1 aliphatic heterocycles. The summed E-state index contributed by atoms with van der Waals surface area (Å²) in [4.78, 5) is 38.2. The molecule has 2 aromatic rings. The standard InChI is InChI=1S/C24H33FN6O4/c1-2-27-23(33)18-7-8-20(21(15-18)35-14-6-4-3-5-11-25)31-16-19(28-29-31)24(34)30-12-9-17(10-13-30)22(26)32/h7-8,15-17H,2-6,9-14H2,1H3,(H2,26,32)(H,27,33). The van der Waals surface area contributed by atoms with E-state index in [9.17, 15) is 18.8 Å². The lowest BCUT2D eigenvalue weighted by molar-refractivity contribution is -0.123. The maximum atomic E-state index is 12.9. The van der Waals surface area contributed by atoms with Crippen LogP contribution in [0.15, 0.2) is 24.4 Å². The molecular weight excluding hydrogens is 455 g/mol. The SMILES string of the molecule is CCNC(=O)c1ccc(-n2cc(C(=O)N3CCC(C(N)=O)CC3)nn2)c(OCCCCCCF)c1. The van der Waals surface area contributed by atoms with Gasteiger partial charge in [-0.15, -0.1) is 5.10 Å². The van der Waals surface area contributed by atoms with Crippen molar-refractivity contribution in [3.05, 3.63) is 35.7 Å². The molecule has 1 aliphatic rings. The highest BCUT2D eigenvalue weighted by molar-refractivity contribution is 5.95. The van der Waals surface area contributed by atoms with Crippen LogP contribution in [0.25, 0.3) is 5.69 Å². The highest BCUT2D eigenvalue weighted by Crippen LogP contribution is 2.25. The Morgan fingerprint density at radius 2 is 1.91 bits per heavy atom. The minimum Gasteiger partial charge on any atom is -0.491 e.